The molecule has 0 radical (unpaired) electrons. The highest BCUT2D eigenvalue weighted by atomic mass is 16.5. The van der Waals surface area contributed by atoms with E-state index < -0.39 is 17.4 Å². The van der Waals surface area contributed by atoms with Gasteiger partial charge in [0.2, 0.25) is 0 Å². The Bertz CT molecular complexity index is 1240. The molecule has 1 aromatic heterocycles. The van der Waals surface area contributed by atoms with Crippen molar-refractivity contribution >= 4 is 34.8 Å². The second kappa shape index (κ2) is 10.9. The molecule has 2 aromatic carbocycles. The van der Waals surface area contributed by atoms with E-state index in [1.165, 1.54) is 31.6 Å². The Morgan fingerprint density at radius 2 is 1.76 bits per heavy atom. The van der Waals surface area contributed by atoms with Gasteiger partial charge in [-0.1, -0.05) is 42.5 Å². The van der Waals surface area contributed by atoms with Crippen LogP contribution in [0.15, 0.2) is 60.7 Å². The number of ether oxygens (including phenoxy) is 1. The predicted octanol–water partition coefficient (Wildman–Crippen LogP) is 5.01. The number of hydrogen-bond acceptors (Lipinski definition) is 5. The molecule has 0 aliphatic heterocycles. The van der Waals surface area contributed by atoms with Crippen molar-refractivity contribution in [1.29, 1.82) is 0 Å². The van der Waals surface area contributed by atoms with E-state index in [2.05, 4.69) is 12.1 Å². The fourth-order valence-electron chi connectivity index (χ4n) is 3.49. The van der Waals surface area contributed by atoms with Crippen LogP contribution in [0.3, 0.4) is 0 Å². The number of para-hydroxylation sites is 1. The average Bonchev–Trinajstić information content (AvgIpc) is 2.80. The minimum atomic E-state index is -1.49. The number of carbonyl (C=O) groups excluding carboxylic acids is 1. The van der Waals surface area contributed by atoms with Crippen molar-refractivity contribution < 1.29 is 24.5 Å². The molecular weight excluding hydrogens is 430 g/mol. The quantitative estimate of drug-likeness (QED) is 0.327. The highest BCUT2D eigenvalue weighted by molar-refractivity contribution is 6.00. The highest BCUT2D eigenvalue weighted by Crippen LogP contribution is 2.33. The van der Waals surface area contributed by atoms with Crippen molar-refractivity contribution in [2.75, 3.05) is 6.61 Å². The molecule has 6 heteroatoms. The number of benzene rings is 2. The Morgan fingerprint density at radius 3 is 2.44 bits per heavy atom. The number of carboxylic acids is 1. The van der Waals surface area contributed by atoms with Crippen LogP contribution >= 0.6 is 0 Å². The number of nitrogens with zero attached hydrogens (tertiary/aromatic N) is 1. The molecule has 1 heterocycles. The van der Waals surface area contributed by atoms with Crippen LogP contribution in [0, 0.1) is 6.92 Å². The second-order valence-corrected chi connectivity index (χ2v) is 8.56. The predicted molar refractivity (Wildman–Crippen MR) is 134 cm³/mol. The maximum atomic E-state index is 12.2. The molecule has 3 rings (SSSR count). The first-order valence-corrected chi connectivity index (χ1v) is 11.1. The maximum absolute atomic E-state index is 12.2. The third-order valence-electron chi connectivity index (χ3n) is 5.37. The molecule has 0 spiro atoms. The van der Waals surface area contributed by atoms with Gasteiger partial charge in [-0.05, 0) is 63.5 Å². The Hall–Kier alpha value is -3.77. The number of carbonyl (C=O) groups is 2. The van der Waals surface area contributed by atoms with Crippen molar-refractivity contribution in [2.45, 2.75) is 39.2 Å². The summed E-state index contributed by atoms with van der Waals surface area (Å²) in [6.45, 7) is 5.20. The standard InChI is InChI=1S/C28H29NO5/c1-19-23(15-16-24(30)28(2,3)33)29-26-21(14-17-25(31)32)12-7-13-22(26)27(19)34-18-8-11-20-9-5-4-6-10-20/h4-7,9-10,12-17,33H,8,11,18H2,1-3H3,(H,31,32)/b16-15+,17-14+. The van der Waals surface area contributed by atoms with Gasteiger partial charge in [0.05, 0.1) is 17.8 Å². The molecule has 0 unspecified atom stereocenters. The maximum Gasteiger partial charge on any atom is 0.328 e. The average molecular weight is 460 g/mol. The first-order valence-electron chi connectivity index (χ1n) is 11.1. The Labute approximate surface area is 199 Å². The first kappa shape index (κ1) is 24.9. The van der Waals surface area contributed by atoms with Gasteiger partial charge in [-0.15, -0.1) is 0 Å². The van der Waals surface area contributed by atoms with Gasteiger partial charge in [0, 0.05) is 22.6 Å². The summed E-state index contributed by atoms with van der Waals surface area (Å²) in [4.78, 5) is 28.0. The van der Waals surface area contributed by atoms with Gasteiger partial charge in [-0.25, -0.2) is 9.78 Å². The van der Waals surface area contributed by atoms with Crippen molar-refractivity contribution in [3.63, 3.8) is 0 Å². The number of aliphatic hydroxyl groups is 1. The van der Waals surface area contributed by atoms with E-state index in [1.807, 2.05) is 37.3 Å². The molecular formula is C28H29NO5. The molecule has 2 N–H and O–H groups in total. The number of aliphatic carboxylic acids is 1. The van der Waals surface area contributed by atoms with Crippen LogP contribution in [0.5, 0.6) is 5.75 Å². The Morgan fingerprint density at radius 1 is 1.03 bits per heavy atom. The number of ketones is 1. The van der Waals surface area contributed by atoms with E-state index in [0.717, 1.165) is 29.9 Å². The number of aryl methyl sites for hydroxylation is 1. The van der Waals surface area contributed by atoms with E-state index in [0.29, 0.717) is 29.1 Å². The molecule has 6 nitrogen and oxygen atoms in total. The Kier molecular flexibility index (Phi) is 7.97. The van der Waals surface area contributed by atoms with Gasteiger partial charge in [0.15, 0.2) is 5.78 Å². The lowest BCUT2D eigenvalue weighted by Crippen LogP contribution is -2.29. The van der Waals surface area contributed by atoms with Crippen LogP contribution < -0.4 is 4.74 Å². The summed E-state index contributed by atoms with van der Waals surface area (Å²) >= 11 is 0. The van der Waals surface area contributed by atoms with Gasteiger partial charge in [-0.3, -0.25) is 4.79 Å². The van der Waals surface area contributed by atoms with Crippen LogP contribution in [-0.4, -0.2) is 39.2 Å². The zero-order chi connectivity index (χ0) is 24.7. The molecule has 0 amide bonds. The molecule has 0 aliphatic carbocycles. The number of pyridine rings is 1. The summed E-state index contributed by atoms with van der Waals surface area (Å²) < 4.78 is 6.22. The third-order valence-corrected chi connectivity index (χ3v) is 5.37. The number of fused-ring (bicyclic) bond motifs is 1. The van der Waals surface area contributed by atoms with Crippen molar-refractivity contribution in [3.05, 3.63) is 83.1 Å². The zero-order valence-electron chi connectivity index (χ0n) is 19.6. The van der Waals surface area contributed by atoms with E-state index in [9.17, 15) is 14.7 Å². The molecule has 0 aliphatic rings. The summed E-state index contributed by atoms with van der Waals surface area (Å²) in [6.07, 6.45) is 7.10. The molecule has 0 atom stereocenters. The number of carboxylic acid groups (broad SMARTS) is 1. The molecule has 34 heavy (non-hydrogen) atoms. The van der Waals surface area contributed by atoms with Gasteiger partial charge in [0.25, 0.3) is 0 Å². The van der Waals surface area contributed by atoms with E-state index >= 15 is 0 Å². The lowest BCUT2D eigenvalue weighted by atomic mass is 10.0. The largest absolute Gasteiger partial charge is 0.493 e. The molecule has 0 fully saturated rings. The van der Waals surface area contributed by atoms with Gasteiger partial charge >= 0.3 is 5.97 Å². The summed E-state index contributed by atoms with van der Waals surface area (Å²) in [5, 5.41) is 19.8. The van der Waals surface area contributed by atoms with Crippen molar-refractivity contribution in [3.8, 4) is 5.75 Å². The van der Waals surface area contributed by atoms with Crippen molar-refractivity contribution in [2.24, 2.45) is 0 Å². The van der Waals surface area contributed by atoms with Gasteiger partial charge < -0.3 is 14.9 Å². The van der Waals surface area contributed by atoms with Crippen LogP contribution in [0.2, 0.25) is 0 Å². The van der Waals surface area contributed by atoms with Crippen LogP contribution in [0.4, 0.5) is 0 Å². The first-order chi connectivity index (χ1) is 16.2. The smallest absolute Gasteiger partial charge is 0.328 e. The minimum Gasteiger partial charge on any atom is -0.493 e. The summed E-state index contributed by atoms with van der Waals surface area (Å²) in [5.74, 6) is -0.866. The number of rotatable bonds is 10. The molecule has 0 bridgehead atoms. The van der Waals surface area contributed by atoms with Crippen LogP contribution in [0.1, 0.15) is 42.7 Å². The fraction of sp³-hybridized carbons (Fsp3) is 0.250. The van der Waals surface area contributed by atoms with Gasteiger partial charge in [-0.2, -0.15) is 0 Å². The fourth-order valence-corrected chi connectivity index (χ4v) is 3.49. The van der Waals surface area contributed by atoms with Crippen LogP contribution in [-0.2, 0) is 16.0 Å². The SMILES string of the molecule is Cc1c(/C=C/C(=O)C(C)(C)O)nc2c(/C=C/C(=O)O)cccc2c1OCCCc1ccccc1. The summed E-state index contributed by atoms with van der Waals surface area (Å²) in [6, 6.07) is 15.7. The van der Waals surface area contributed by atoms with Crippen LogP contribution in [0.25, 0.3) is 23.1 Å². The second-order valence-electron chi connectivity index (χ2n) is 8.56. The van der Waals surface area contributed by atoms with Gasteiger partial charge in [0.1, 0.15) is 11.4 Å². The molecule has 176 valence electrons. The number of hydrogen-bond donors (Lipinski definition) is 2. The lowest BCUT2D eigenvalue weighted by Gasteiger charge is -2.16. The van der Waals surface area contributed by atoms with Crippen molar-refractivity contribution in [1.82, 2.24) is 4.98 Å². The molecule has 0 saturated carbocycles. The van der Waals surface area contributed by atoms with E-state index in [4.69, 9.17) is 14.8 Å². The topological polar surface area (TPSA) is 96.7 Å². The monoisotopic (exact) mass is 459 g/mol. The molecule has 0 saturated heterocycles. The Balaban J connectivity index is 1.99. The summed E-state index contributed by atoms with van der Waals surface area (Å²) in [7, 11) is 0. The third kappa shape index (κ3) is 6.39. The lowest BCUT2D eigenvalue weighted by molar-refractivity contribution is -0.131. The summed E-state index contributed by atoms with van der Waals surface area (Å²) in [5.41, 5.74) is 2.20. The number of aromatic nitrogens is 1. The normalized spacial score (nSPS) is 12.0. The minimum absolute atomic E-state index is 0.446. The van der Waals surface area contributed by atoms with E-state index in [-0.39, 0.29) is 0 Å². The zero-order valence-corrected chi connectivity index (χ0v) is 19.6. The molecule has 3 aromatic rings. The van der Waals surface area contributed by atoms with E-state index in [1.54, 1.807) is 12.1 Å². The highest BCUT2D eigenvalue weighted by Gasteiger charge is 2.21.